The van der Waals surface area contributed by atoms with Crippen molar-refractivity contribution < 1.29 is 14.3 Å². The number of amides is 1. The monoisotopic (exact) mass is 424 g/mol. The van der Waals surface area contributed by atoms with Gasteiger partial charge >= 0.3 is 0 Å². The van der Waals surface area contributed by atoms with Gasteiger partial charge in [0.05, 0.1) is 18.6 Å². The molecule has 0 unspecified atom stereocenters. The molecule has 5 rings (SSSR count). The predicted molar refractivity (Wildman–Crippen MR) is 118 cm³/mol. The number of rotatable bonds is 5. The summed E-state index contributed by atoms with van der Waals surface area (Å²) in [6.45, 7) is 3.19. The molecule has 156 valence electrons. The van der Waals surface area contributed by atoms with E-state index >= 15 is 0 Å². The molecule has 3 aromatic rings. The predicted octanol–water partition coefficient (Wildman–Crippen LogP) is 3.42. The first-order valence-electron chi connectivity index (χ1n) is 10.4. The van der Waals surface area contributed by atoms with Crippen LogP contribution in [0.2, 0.25) is 0 Å². The zero-order valence-electron chi connectivity index (χ0n) is 16.7. The SMILES string of the molecule is O=C(COc1ncnc2sc3c(c12)CCCC3)Nc1ccc(N2CCOCC2)cc1. The normalized spacial score (nSPS) is 16.3. The summed E-state index contributed by atoms with van der Waals surface area (Å²) in [7, 11) is 0. The van der Waals surface area contributed by atoms with Gasteiger partial charge in [0.2, 0.25) is 5.88 Å². The number of morpholine rings is 1. The molecule has 1 amide bonds. The number of carbonyl (C=O) groups excluding carboxylic acids is 1. The van der Waals surface area contributed by atoms with Crippen molar-refractivity contribution >= 4 is 38.8 Å². The van der Waals surface area contributed by atoms with E-state index in [1.807, 2.05) is 24.3 Å². The number of hydrogen-bond acceptors (Lipinski definition) is 7. The van der Waals surface area contributed by atoms with Crippen molar-refractivity contribution in [2.24, 2.45) is 0 Å². The molecule has 3 heterocycles. The Morgan fingerprint density at radius 3 is 2.77 bits per heavy atom. The van der Waals surface area contributed by atoms with E-state index in [1.54, 1.807) is 11.3 Å². The van der Waals surface area contributed by atoms with Crippen molar-refractivity contribution in [3.63, 3.8) is 0 Å². The maximum atomic E-state index is 12.4. The van der Waals surface area contributed by atoms with E-state index in [9.17, 15) is 4.79 Å². The Balaban J connectivity index is 1.23. The average molecular weight is 425 g/mol. The van der Waals surface area contributed by atoms with Gasteiger partial charge in [0.15, 0.2) is 6.61 Å². The highest BCUT2D eigenvalue weighted by Crippen LogP contribution is 2.38. The van der Waals surface area contributed by atoms with Crippen LogP contribution in [0.15, 0.2) is 30.6 Å². The van der Waals surface area contributed by atoms with Crippen LogP contribution in [0.3, 0.4) is 0 Å². The van der Waals surface area contributed by atoms with Gasteiger partial charge < -0.3 is 19.7 Å². The van der Waals surface area contributed by atoms with E-state index in [0.29, 0.717) is 5.88 Å². The van der Waals surface area contributed by atoms with Crippen LogP contribution >= 0.6 is 11.3 Å². The Labute approximate surface area is 179 Å². The largest absolute Gasteiger partial charge is 0.467 e. The molecule has 8 heteroatoms. The number of aromatic nitrogens is 2. The lowest BCUT2D eigenvalue weighted by atomic mass is 9.97. The Hall–Kier alpha value is -2.71. The van der Waals surface area contributed by atoms with Crippen LogP contribution in [0, 0.1) is 0 Å². The van der Waals surface area contributed by atoms with Crippen molar-refractivity contribution in [2.45, 2.75) is 25.7 Å². The molecule has 0 radical (unpaired) electrons. The third kappa shape index (κ3) is 3.97. The molecule has 0 atom stereocenters. The highest BCUT2D eigenvalue weighted by atomic mass is 32.1. The average Bonchev–Trinajstić information content (AvgIpc) is 3.18. The molecule has 1 aromatic carbocycles. The van der Waals surface area contributed by atoms with E-state index in [2.05, 4.69) is 20.2 Å². The number of benzene rings is 1. The Kier molecular flexibility index (Phi) is 5.50. The second-order valence-corrected chi connectivity index (χ2v) is 8.64. The number of nitrogens with one attached hydrogen (secondary N) is 1. The van der Waals surface area contributed by atoms with Gasteiger partial charge in [-0.2, -0.15) is 0 Å². The molecule has 0 saturated carbocycles. The lowest BCUT2D eigenvalue weighted by Gasteiger charge is -2.28. The summed E-state index contributed by atoms with van der Waals surface area (Å²) in [6.07, 6.45) is 6.03. The van der Waals surface area contributed by atoms with Crippen molar-refractivity contribution in [1.29, 1.82) is 0 Å². The van der Waals surface area contributed by atoms with Gasteiger partial charge in [0.1, 0.15) is 11.2 Å². The first-order valence-corrected chi connectivity index (χ1v) is 11.2. The fraction of sp³-hybridized carbons (Fsp3) is 0.409. The number of hydrogen-bond donors (Lipinski definition) is 1. The molecule has 1 fully saturated rings. The van der Waals surface area contributed by atoms with E-state index in [4.69, 9.17) is 9.47 Å². The van der Waals surface area contributed by atoms with Crippen LogP contribution in [-0.2, 0) is 22.4 Å². The van der Waals surface area contributed by atoms with Crippen LogP contribution in [0.25, 0.3) is 10.2 Å². The first-order chi connectivity index (χ1) is 14.8. The summed E-state index contributed by atoms with van der Waals surface area (Å²) in [4.78, 5) is 25.8. The molecule has 2 aliphatic rings. The molecule has 0 bridgehead atoms. The summed E-state index contributed by atoms with van der Waals surface area (Å²) < 4.78 is 11.2. The lowest BCUT2D eigenvalue weighted by Crippen LogP contribution is -2.36. The fourth-order valence-electron chi connectivity index (χ4n) is 4.08. The Morgan fingerprint density at radius 2 is 1.93 bits per heavy atom. The standard InChI is InChI=1S/C22H24N4O3S/c27-19(25-15-5-7-16(8-6-15)26-9-11-28-12-10-26)13-29-21-20-17-3-1-2-4-18(17)30-22(20)24-14-23-21/h5-8,14H,1-4,9-13H2,(H,25,27). The van der Waals surface area contributed by atoms with E-state index in [-0.39, 0.29) is 12.5 Å². The maximum Gasteiger partial charge on any atom is 0.262 e. The maximum absolute atomic E-state index is 12.4. The Bertz CT molecular complexity index is 1040. The van der Waals surface area contributed by atoms with Crippen LogP contribution in [-0.4, -0.2) is 48.8 Å². The second kappa shape index (κ2) is 8.57. The topological polar surface area (TPSA) is 76.6 Å². The van der Waals surface area contributed by atoms with E-state index in [0.717, 1.165) is 60.7 Å². The highest BCUT2D eigenvalue weighted by Gasteiger charge is 2.21. The van der Waals surface area contributed by atoms with Gasteiger partial charge in [-0.05, 0) is 55.5 Å². The van der Waals surface area contributed by atoms with E-state index < -0.39 is 0 Å². The molecule has 1 aliphatic carbocycles. The van der Waals surface area contributed by atoms with Crippen molar-refractivity contribution in [3.05, 3.63) is 41.0 Å². The number of aryl methyl sites for hydroxylation is 2. The molecule has 2 aromatic heterocycles. The number of anilines is 2. The summed E-state index contributed by atoms with van der Waals surface area (Å²) in [6, 6.07) is 7.88. The number of nitrogens with zero attached hydrogens (tertiary/aromatic N) is 3. The van der Waals surface area contributed by atoms with Gasteiger partial charge in [0, 0.05) is 29.3 Å². The smallest absolute Gasteiger partial charge is 0.262 e. The zero-order chi connectivity index (χ0) is 20.3. The molecule has 7 nitrogen and oxygen atoms in total. The minimum absolute atomic E-state index is 0.0814. The van der Waals surface area contributed by atoms with Crippen LogP contribution < -0.4 is 15.0 Å². The second-order valence-electron chi connectivity index (χ2n) is 7.55. The third-order valence-corrected chi connectivity index (χ3v) is 6.78. The molecule has 1 aliphatic heterocycles. The molecule has 30 heavy (non-hydrogen) atoms. The summed E-state index contributed by atoms with van der Waals surface area (Å²) >= 11 is 1.72. The van der Waals surface area contributed by atoms with Crippen molar-refractivity contribution in [2.75, 3.05) is 43.1 Å². The van der Waals surface area contributed by atoms with Crippen LogP contribution in [0.1, 0.15) is 23.3 Å². The van der Waals surface area contributed by atoms with Gasteiger partial charge in [-0.15, -0.1) is 11.3 Å². The summed E-state index contributed by atoms with van der Waals surface area (Å²) in [5.41, 5.74) is 3.19. The molecular weight excluding hydrogens is 400 g/mol. The third-order valence-electron chi connectivity index (χ3n) is 5.58. The highest BCUT2D eigenvalue weighted by molar-refractivity contribution is 7.18. The number of fused-ring (bicyclic) bond motifs is 3. The van der Waals surface area contributed by atoms with Gasteiger partial charge in [-0.1, -0.05) is 0 Å². The number of ether oxygens (including phenoxy) is 2. The first kappa shape index (κ1) is 19.3. The van der Waals surface area contributed by atoms with Crippen LogP contribution in [0.5, 0.6) is 5.88 Å². The minimum Gasteiger partial charge on any atom is -0.467 e. The zero-order valence-corrected chi connectivity index (χ0v) is 17.5. The lowest BCUT2D eigenvalue weighted by molar-refractivity contribution is -0.118. The molecule has 1 saturated heterocycles. The number of thiophene rings is 1. The molecule has 0 spiro atoms. The minimum atomic E-state index is -0.204. The van der Waals surface area contributed by atoms with Gasteiger partial charge in [0.25, 0.3) is 5.91 Å². The van der Waals surface area contributed by atoms with Gasteiger partial charge in [-0.25, -0.2) is 9.97 Å². The fourth-order valence-corrected chi connectivity index (χ4v) is 5.30. The van der Waals surface area contributed by atoms with Crippen molar-refractivity contribution in [1.82, 2.24) is 9.97 Å². The quantitative estimate of drug-likeness (QED) is 0.676. The van der Waals surface area contributed by atoms with E-state index in [1.165, 1.54) is 29.6 Å². The molecule has 1 N–H and O–H groups in total. The van der Waals surface area contributed by atoms with Gasteiger partial charge in [-0.3, -0.25) is 4.79 Å². The Morgan fingerprint density at radius 1 is 1.13 bits per heavy atom. The summed E-state index contributed by atoms with van der Waals surface area (Å²) in [5.74, 6) is 0.308. The van der Waals surface area contributed by atoms with Crippen molar-refractivity contribution in [3.8, 4) is 5.88 Å². The number of carbonyl (C=O) groups is 1. The van der Waals surface area contributed by atoms with Crippen LogP contribution in [0.4, 0.5) is 11.4 Å². The summed E-state index contributed by atoms with van der Waals surface area (Å²) in [5, 5.41) is 3.88. The molecular formula is C22H24N4O3S.